The van der Waals surface area contributed by atoms with Crippen molar-refractivity contribution in [3.05, 3.63) is 29.1 Å². The monoisotopic (exact) mass is 395 g/mol. The number of carbonyl (C=O) groups is 1. The second-order valence-corrected chi connectivity index (χ2v) is 7.66. The Bertz CT molecular complexity index is 615. The number of methoxy groups -OCH3 is 1. The molecule has 1 aliphatic rings. The molecule has 2 atom stereocenters. The smallest absolute Gasteiger partial charge is 0.320 e. The Hall–Kier alpha value is -1.57. The van der Waals surface area contributed by atoms with Crippen molar-refractivity contribution < 1.29 is 19.0 Å². The number of aromatic nitrogens is 1. The van der Waals surface area contributed by atoms with Crippen molar-refractivity contribution >= 4 is 5.97 Å². The number of fused-ring (bicyclic) bond motifs is 1. The Morgan fingerprint density at radius 3 is 2.86 bits per heavy atom. The number of aliphatic carboxylic acids is 1. The van der Waals surface area contributed by atoms with Crippen molar-refractivity contribution in [2.24, 2.45) is 5.73 Å². The fourth-order valence-electron chi connectivity index (χ4n) is 3.66. The first-order chi connectivity index (χ1) is 13.5. The van der Waals surface area contributed by atoms with E-state index >= 15 is 0 Å². The van der Waals surface area contributed by atoms with Crippen molar-refractivity contribution in [1.29, 1.82) is 0 Å². The van der Waals surface area contributed by atoms with Gasteiger partial charge in [-0.2, -0.15) is 0 Å². The number of carboxylic acid groups (broad SMARTS) is 1. The van der Waals surface area contributed by atoms with Crippen LogP contribution >= 0.6 is 0 Å². The minimum absolute atomic E-state index is 0.0422. The Labute approximate surface area is 167 Å². The van der Waals surface area contributed by atoms with Gasteiger partial charge in [-0.05, 0) is 69.5 Å². The molecule has 1 aliphatic carbocycles. The fraction of sp³-hybridized carbons (Fsp3) is 0.714. The molecular weight excluding hydrogens is 361 g/mol. The molecule has 28 heavy (non-hydrogen) atoms. The van der Waals surface area contributed by atoms with Gasteiger partial charge in [-0.15, -0.1) is 0 Å². The van der Waals surface area contributed by atoms with Gasteiger partial charge in [0.05, 0.1) is 6.61 Å². The highest BCUT2D eigenvalue weighted by Gasteiger charge is 2.17. The van der Waals surface area contributed by atoms with Crippen LogP contribution in [0.2, 0.25) is 0 Å². The van der Waals surface area contributed by atoms with Gasteiger partial charge in [-0.3, -0.25) is 9.78 Å². The maximum atomic E-state index is 13.9. The quantitative estimate of drug-likeness (QED) is 0.499. The second-order valence-electron chi connectivity index (χ2n) is 7.66. The third-order valence-electron chi connectivity index (χ3n) is 5.27. The van der Waals surface area contributed by atoms with E-state index < -0.39 is 18.2 Å². The number of rotatable bonds is 13. The van der Waals surface area contributed by atoms with Crippen LogP contribution in [-0.4, -0.2) is 66.5 Å². The van der Waals surface area contributed by atoms with E-state index in [9.17, 15) is 9.18 Å². The average Bonchev–Trinajstić information content (AvgIpc) is 2.68. The van der Waals surface area contributed by atoms with E-state index in [4.69, 9.17) is 20.6 Å². The number of ether oxygens (including phenoxy) is 1. The van der Waals surface area contributed by atoms with Gasteiger partial charge < -0.3 is 20.5 Å². The maximum Gasteiger partial charge on any atom is 0.320 e. The molecule has 1 heterocycles. The molecule has 0 amide bonds. The predicted molar refractivity (Wildman–Crippen MR) is 107 cm³/mol. The summed E-state index contributed by atoms with van der Waals surface area (Å²) >= 11 is 0. The highest BCUT2D eigenvalue weighted by Crippen LogP contribution is 2.20. The summed E-state index contributed by atoms with van der Waals surface area (Å²) in [5.41, 5.74) is 9.36. The number of aryl methyl sites for hydroxylation is 3. The number of hydrogen-bond acceptors (Lipinski definition) is 5. The Kier molecular flexibility index (Phi) is 9.81. The topological polar surface area (TPSA) is 88.7 Å². The molecule has 3 N–H and O–H groups in total. The van der Waals surface area contributed by atoms with Crippen LogP contribution in [0.25, 0.3) is 0 Å². The molecule has 0 aromatic carbocycles. The van der Waals surface area contributed by atoms with Crippen LogP contribution in [0, 0.1) is 0 Å². The molecule has 158 valence electrons. The summed E-state index contributed by atoms with van der Waals surface area (Å²) in [4.78, 5) is 17.7. The summed E-state index contributed by atoms with van der Waals surface area (Å²) in [6.07, 6.45) is 6.70. The van der Waals surface area contributed by atoms with Gasteiger partial charge in [0.15, 0.2) is 0 Å². The normalized spacial score (nSPS) is 16.0. The summed E-state index contributed by atoms with van der Waals surface area (Å²) in [6.45, 7) is 1.45. The molecule has 0 saturated carbocycles. The van der Waals surface area contributed by atoms with Gasteiger partial charge in [-0.1, -0.05) is 6.07 Å². The predicted octanol–water partition coefficient (Wildman–Crippen LogP) is 2.37. The lowest BCUT2D eigenvalue weighted by Gasteiger charge is -2.24. The molecule has 0 saturated heterocycles. The summed E-state index contributed by atoms with van der Waals surface area (Å²) in [5, 5.41) is 8.94. The Morgan fingerprint density at radius 1 is 1.32 bits per heavy atom. The first-order valence-corrected chi connectivity index (χ1v) is 10.3. The minimum Gasteiger partial charge on any atom is -0.480 e. The summed E-state index contributed by atoms with van der Waals surface area (Å²) in [6, 6.07) is 3.43. The summed E-state index contributed by atoms with van der Waals surface area (Å²) < 4.78 is 18.8. The molecule has 0 unspecified atom stereocenters. The van der Waals surface area contributed by atoms with Crippen molar-refractivity contribution in [2.45, 2.75) is 63.6 Å². The second kappa shape index (κ2) is 12.1. The average molecular weight is 396 g/mol. The first-order valence-electron chi connectivity index (χ1n) is 10.3. The molecule has 1 aromatic rings. The highest BCUT2D eigenvalue weighted by atomic mass is 19.1. The Balaban J connectivity index is 1.78. The molecule has 7 heteroatoms. The van der Waals surface area contributed by atoms with Gasteiger partial charge >= 0.3 is 5.97 Å². The van der Waals surface area contributed by atoms with E-state index in [2.05, 4.69) is 12.1 Å². The van der Waals surface area contributed by atoms with Crippen LogP contribution in [0.3, 0.4) is 0 Å². The number of halogens is 1. The lowest BCUT2D eigenvalue weighted by Crippen LogP contribution is -2.39. The fourth-order valence-corrected chi connectivity index (χ4v) is 3.66. The van der Waals surface area contributed by atoms with Crippen LogP contribution in [0.4, 0.5) is 4.39 Å². The number of nitrogens with two attached hydrogens (primary N) is 1. The van der Waals surface area contributed by atoms with Crippen molar-refractivity contribution in [1.82, 2.24) is 9.88 Å². The van der Waals surface area contributed by atoms with E-state index in [1.165, 1.54) is 31.2 Å². The van der Waals surface area contributed by atoms with E-state index in [-0.39, 0.29) is 13.2 Å². The lowest BCUT2D eigenvalue weighted by molar-refractivity contribution is -0.138. The molecule has 0 fully saturated rings. The molecule has 0 aliphatic heterocycles. The Morgan fingerprint density at radius 2 is 2.11 bits per heavy atom. The number of carboxylic acids is 1. The zero-order chi connectivity index (χ0) is 20.4. The van der Waals surface area contributed by atoms with Crippen LogP contribution in [0.5, 0.6) is 0 Å². The zero-order valence-corrected chi connectivity index (χ0v) is 16.9. The van der Waals surface area contributed by atoms with Gasteiger partial charge in [0.1, 0.15) is 12.2 Å². The third kappa shape index (κ3) is 7.81. The summed E-state index contributed by atoms with van der Waals surface area (Å²) in [7, 11) is 1.48. The number of unbranched alkanes of at least 4 members (excludes halogenated alkanes) is 1. The van der Waals surface area contributed by atoms with Crippen LogP contribution in [0.15, 0.2) is 12.1 Å². The standard InChI is InChI=1S/C21H34FN3O3/c1-28-15-17(22)14-25(13-11-19(23)21(26)27)12-5-4-7-18-10-9-16-6-2-3-8-20(16)24-18/h9-10,17,19H,2-8,11-15,23H2,1H3,(H,26,27)/t17-,19-/m0/s1. The molecular formula is C21H34FN3O3. The molecule has 1 aromatic heterocycles. The van der Waals surface area contributed by atoms with Crippen molar-refractivity contribution in [2.75, 3.05) is 33.4 Å². The lowest BCUT2D eigenvalue weighted by atomic mass is 9.95. The number of nitrogens with zero attached hydrogens (tertiary/aromatic N) is 2. The van der Waals surface area contributed by atoms with Gasteiger partial charge in [0.25, 0.3) is 0 Å². The minimum atomic E-state index is -1.09. The van der Waals surface area contributed by atoms with Crippen LogP contribution < -0.4 is 5.73 Å². The van der Waals surface area contributed by atoms with E-state index in [1.807, 2.05) is 4.90 Å². The molecule has 0 radical (unpaired) electrons. The van der Waals surface area contributed by atoms with Crippen molar-refractivity contribution in [3.63, 3.8) is 0 Å². The maximum absolute atomic E-state index is 13.9. The number of alkyl halides is 1. The first kappa shape index (κ1) is 22.7. The van der Waals surface area contributed by atoms with Crippen LogP contribution in [0.1, 0.15) is 49.1 Å². The SMILES string of the molecule is COC[C@@H](F)CN(CCCCc1ccc2c(n1)CCCC2)CC[C@H](N)C(=O)O. The largest absolute Gasteiger partial charge is 0.480 e. The molecule has 2 rings (SSSR count). The molecule has 0 spiro atoms. The molecule has 6 nitrogen and oxygen atoms in total. The van der Waals surface area contributed by atoms with E-state index in [0.717, 1.165) is 37.8 Å². The van der Waals surface area contributed by atoms with E-state index in [1.54, 1.807) is 0 Å². The van der Waals surface area contributed by atoms with Gasteiger partial charge in [0.2, 0.25) is 0 Å². The number of pyridine rings is 1. The zero-order valence-electron chi connectivity index (χ0n) is 16.9. The third-order valence-corrected chi connectivity index (χ3v) is 5.27. The highest BCUT2D eigenvalue weighted by molar-refractivity contribution is 5.72. The van der Waals surface area contributed by atoms with Gasteiger partial charge in [-0.25, -0.2) is 4.39 Å². The van der Waals surface area contributed by atoms with Crippen molar-refractivity contribution in [3.8, 4) is 0 Å². The number of hydrogen-bond donors (Lipinski definition) is 2. The van der Waals surface area contributed by atoms with Gasteiger partial charge in [0, 0.05) is 31.6 Å². The van der Waals surface area contributed by atoms with Crippen LogP contribution in [-0.2, 0) is 28.8 Å². The molecule has 0 bridgehead atoms. The summed E-state index contributed by atoms with van der Waals surface area (Å²) in [5.74, 6) is -1.02. The van der Waals surface area contributed by atoms with E-state index in [0.29, 0.717) is 19.5 Å².